The SMILES string of the molecule is COc1ccc(C2=NC(c3ccccc3)=Nc3c(ccc4ccccc34)N2)cc1. The molecular formula is C25H19N3O. The smallest absolute Gasteiger partial charge is 0.162 e. The molecule has 1 heterocycles. The molecule has 29 heavy (non-hydrogen) atoms. The molecule has 0 radical (unpaired) electrons. The summed E-state index contributed by atoms with van der Waals surface area (Å²) in [6.07, 6.45) is 0. The molecule has 0 atom stereocenters. The van der Waals surface area contributed by atoms with Crippen LogP contribution in [0, 0.1) is 0 Å². The van der Waals surface area contributed by atoms with E-state index >= 15 is 0 Å². The van der Waals surface area contributed by atoms with Crippen molar-refractivity contribution in [3.63, 3.8) is 0 Å². The first-order valence-corrected chi connectivity index (χ1v) is 9.48. The number of benzene rings is 4. The van der Waals surface area contributed by atoms with Gasteiger partial charge in [0.05, 0.1) is 18.5 Å². The normalized spacial score (nSPS) is 13.0. The molecule has 1 aliphatic heterocycles. The zero-order valence-electron chi connectivity index (χ0n) is 16.0. The van der Waals surface area contributed by atoms with Gasteiger partial charge in [0.1, 0.15) is 11.6 Å². The van der Waals surface area contributed by atoms with Gasteiger partial charge in [0.2, 0.25) is 0 Å². The lowest BCUT2D eigenvalue weighted by Gasteiger charge is -2.11. The van der Waals surface area contributed by atoms with E-state index in [9.17, 15) is 0 Å². The number of nitrogens with zero attached hydrogens (tertiary/aromatic N) is 2. The molecule has 0 bridgehead atoms. The number of fused-ring (bicyclic) bond motifs is 3. The minimum atomic E-state index is 0.680. The predicted molar refractivity (Wildman–Crippen MR) is 120 cm³/mol. The molecule has 0 aliphatic carbocycles. The van der Waals surface area contributed by atoms with E-state index in [4.69, 9.17) is 14.7 Å². The summed E-state index contributed by atoms with van der Waals surface area (Å²) in [5.74, 6) is 2.25. The highest BCUT2D eigenvalue weighted by Crippen LogP contribution is 2.36. The summed E-state index contributed by atoms with van der Waals surface area (Å²) in [5.41, 5.74) is 3.77. The minimum Gasteiger partial charge on any atom is -0.497 e. The quantitative estimate of drug-likeness (QED) is 0.490. The standard InChI is InChI=1S/C25H19N3O/c1-29-20-14-11-19(12-15-20)24-26-22-16-13-17-7-5-6-10-21(17)23(22)27-25(28-24)18-8-3-2-4-9-18/h2-16H,1H3,(H,26,27,28). The summed E-state index contributed by atoms with van der Waals surface area (Å²) >= 11 is 0. The van der Waals surface area contributed by atoms with Gasteiger partial charge in [-0.05, 0) is 35.7 Å². The van der Waals surface area contributed by atoms with Gasteiger partial charge in [-0.3, -0.25) is 0 Å². The maximum atomic E-state index is 5.29. The van der Waals surface area contributed by atoms with Crippen molar-refractivity contribution >= 4 is 33.8 Å². The van der Waals surface area contributed by atoms with Gasteiger partial charge in [0.25, 0.3) is 0 Å². The van der Waals surface area contributed by atoms with Crippen LogP contribution in [0.15, 0.2) is 101 Å². The molecule has 140 valence electrons. The zero-order valence-corrected chi connectivity index (χ0v) is 16.0. The molecular weight excluding hydrogens is 358 g/mol. The Morgan fingerprint density at radius 1 is 0.690 bits per heavy atom. The molecule has 0 spiro atoms. The van der Waals surface area contributed by atoms with Gasteiger partial charge in [-0.15, -0.1) is 0 Å². The summed E-state index contributed by atoms with van der Waals surface area (Å²) in [6.45, 7) is 0. The second-order valence-electron chi connectivity index (χ2n) is 6.80. The van der Waals surface area contributed by atoms with Crippen molar-refractivity contribution in [2.75, 3.05) is 12.4 Å². The fourth-order valence-electron chi connectivity index (χ4n) is 3.47. The molecule has 1 aliphatic rings. The fraction of sp³-hybridized carbons (Fsp3) is 0.0400. The number of anilines is 1. The lowest BCUT2D eigenvalue weighted by Crippen LogP contribution is -2.15. The van der Waals surface area contributed by atoms with Crippen molar-refractivity contribution in [2.24, 2.45) is 9.98 Å². The van der Waals surface area contributed by atoms with Crippen molar-refractivity contribution in [1.82, 2.24) is 0 Å². The number of rotatable bonds is 3. The Morgan fingerprint density at radius 2 is 1.45 bits per heavy atom. The second kappa shape index (κ2) is 7.24. The number of ether oxygens (including phenoxy) is 1. The van der Waals surface area contributed by atoms with E-state index in [1.54, 1.807) is 7.11 Å². The molecule has 5 rings (SSSR count). The molecule has 4 nitrogen and oxygen atoms in total. The number of aliphatic imine (C=N–C) groups is 2. The van der Waals surface area contributed by atoms with Crippen molar-refractivity contribution < 1.29 is 4.74 Å². The highest BCUT2D eigenvalue weighted by atomic mass is 16.5. The van der Waals surface area contributed by atoms with Gasteiger partial charge in [-0.2, -0.15) is 0 Å². The van der Waals surface area contributed by atoms with Gasteiger partial charge < -0.3 is 10.1 Å². The summed E-state index contributed by atoms with van der Waals surface area (Å²) < 4.78 is 5.29. The van der Waals surface area contributed by atoms with E-state index in [0.29, 0.717) is 5.84 Å². The van der Waals surface area contributed by atoms with Gasteiger partial charge in [0, 0.05) is 16.5 Å². The Morgan fingerprint density at radius 3 is 2.24 bits per heavy atom. The van der Waals surface area contributed by atoms with Crippen LogP contribution in [0.25, 0.3) is 10.8 Å². The molecule has 1 N–H and O–H groups in total. The summed E-state index contributed by atoms with van der Waals surface area (Å²) in [6, 6.07) is 30.4. The van der Waals surface area contributed by atoms with Crippen molar-refractivity contribution in [3.8, 4) is 5.75 Å². The molecule has 0 amide bonds. The molecule has 4 aromatic carbocycles. The van der Waals surface area contributed by atoms with Gasteiger partial charge in [-0.1, -0.05) is 60.7 Å². The number of nitrogens with one attached hydrogen (secondary N) is 1. The van der Waals surface area contributed by atoms with Crippen LogP contribution in [-0.4, -0.2) is 18.8 Å². The van der Waals surface area contributed by atoms with Crippen molar-refractivity contribution in [3.05, 3.63) is 102 Å². The molecule has 0 aromatic heterocycles. The number of hydrogen-bond donors (Lipinski definition) is 1. The fourth-order valence-corrected chi connectivity index (χ4v) is 3.47. The van der Waals surface area contributed by atoms with Crippen molar-refractivity contribution in [1.29, 1.82) is 0 Å². The Bertz CT molecular complexity index is 1240. The first-order valence-electron chi connectivity index (χ1n) is 9.48. The maximum Gasteiger partial charge on any atom is 0.162 e. The Labute approximate surface area is 169 Å². The largest absolute Gasteiger partial charge is 0.497 e. The van der Waals surface area contributed by atoms with Crippen LogP contribution in [0.3, 0.4) is 0 Å². The van der Waals surface area contributed by atoms with E-state index in [-0.39, 0.29) is 0 Å². The third-order valence-corrected chi connectivity index (χ3v) is 4.98. The van der Waals surface area contributed by atoms with Crippen molar-refractivity contribution in [2.45, 2.75) is 0 Å². The summed E-state index contributed by atoms with van der Waals surface area (Å²) in [5, 5.41) is 5.74. The van der Waals surface area contributed by atoms with Gasteiger partial charge in [0.15, 0.2) is 5.84 Å². The first kappa shape index (κ1) is 17.2. The highest BCUT2D eigenvalue weighted by molar-refractivity contribution is 6.21. The van der Waals surface area contributed by atoms with Crippen LogP contribution in [-0.2, 0) is 0 Å². The second-order valence-corrected chi connectivity index (χ2v) is 6.80. The maximum absolute atomic E-state index is 5.29. The molecule has 0 fully saturated rings. The van der Waals surface area contributed by atoms with Gasteiger partial charge >= 0.3 is 0 Å². The summed E-state index contributed by atoms with van der Waals surface area (Å²) in [4.78, 5) is 9.90. The summed E-state index contributed by atoms with van der Waals surface area (Å²) in [7, 11) is 1.66. The van der Waals surface area contributed by atoms with E-state index in [0.717, 1.165) is 44.9 Å². The van der Waals surface area contributed by atoms with Gasteiger partial charge in [-0.25, -0.2) is 9.98 Å². The minimum absolute atomic E-state index is 0.680. The number of amidine groups is 2. The topological polar surface area (TPSA) is 46.0 Å². The van der Waals surface area contributed by atoms with E-state index in [1.165, 1.54) is 0 Å². The van der Waals surface area contributed by atoms with E-state index < -0.39 is 0 Å². The Hall–Kier alpha value is -3.92. The lowest BCUT2D eigenvalue weighted by atomic mass is 10.1. The van der Waals surface area contributed by atoms with Crippen LogP contribution in [0.4, 0.5) is 11.4 Å². The highest BCUT2D eigenvalue weighted by Gasteiger charge is 2.17. The Kier molecular flexibility index (Phi) is 4.30. The average Bonchev–Trinajstić information content (AvgIpc) is 3.00. The van der Waals surface area contributed by atoms with Crippen LogP contribution in [0.2, 0.25) is 0 Å². The first-order chi connectivity index (χ1) is 14.3. The van der Waals surface area contributed by atoms with E-state index in [1.807, 2.05) is 66.7 Å². The molecule has 0 unspecified atom stereocenters. The van der Waals surface area contributed by atoms with Crippen LogP contribution < -0.4 is 10.1 Å². The average molecular weight is 377 g/mol. The lowest BCUT2D eigenvalue weighted by molar-refractivity contribution is 0.415. The van der Waals surface area contributed by atoms with Crippen LogP contribution in [0.1, 0.15) is 11.1 Å². The predicted octanol–water partition coefficient (Wildman–Crippen LogP) is 5.80. The monoisotopic (exact) mass is 377 g/mol. The number of hydrogen-bond acceptors (Lipinski definition) is 4. The number of methoxy groups -OCH3 is 1. The molecule has 4 aromatic rings. The third-order valence-electron chi connectivity index (χ3n) is 4.98. The molecule has 0 saturated carbocycles. The zero-order chi connectivity index (χ0) is 19.6. The molecule has 0 saturated heterocycles. The van der Waals surface area contributed by atoms with E-state index in [2.05, 4.69) is 29.6 Å². The third kappa shape index (κ3) is 3.25. The molecule has 4 heteroatoms. The van der Waals surface area contributed by atoms with Crippen LogP contribution in [0.5, 0.6) is 5.75 Å². The van der Waals surface area contributed by atoms with Crippen LogP contribution >= 0.6 is 0 Å². The Balaban J connectivity index is 1.72.